The average molecular weight is 552 g/mol. The van der Waals surface area contributed by atoms with Crippen LogP contribution in [0.2, 0.25) is 0 Å². The van der Waals surface area contributed by atoms with Crippen LogP contribution in [0.5, 0.6) is 0 Å². The quantitative estimate of drug-likeness (QED) is 0.301. The van der Waals surface area contributed by atoms with Gasteiger partial charge in [-0.2, -0.15) is 0 Å². The van der Waals surface area contributed by atoms with Crippen LogP contribution in [-0.4, -0.2) is 19.1 Å². The molecule has 2 heterocycles. The highest BCUT2D eigenvalue weighted by Gasteiger charge is 2.13. The fourth-order valence-corrected chi connectivity index (χ4v) is 4.62. The zero-order chi connectivity index (χ0) is 22.6. The molecule has 0 N–H and O–H groups in total. The van der Waals surface area contributed by atoms with Crippen LogP contribution < -0.4 is 11.1 Å². The summed E-state index contributed by atoms with van der Waals surface area (Å²) in [6, 6.07) is 18.2. The smallest absolute Gasteiger partial charge is 0.265 e. The fraction of sp³-hybridized carbons (Fsp3) is 0.0833. The Labute approximate surface area is 199 Å². The number of aryl methyl sites for hydroxylation is 2. The van der Waals surface area contributed by atoms with Gasteiger partial charge in [0.2, 0.25) is 0 Å². The second kappa shape index (κ2) is 7.79. The lowest BCUT2D eigenvalue weighted by Crippen LogP contribution is -2.23. The van der Waals surface area contributed by atoms with Crippen molar-refractivity contribution in [3.8, 4) is 11.4 Å². The molecule has 2 aromatic heterocycles. The van der Waals surface area contributed by atoms with Crippen LogP contribution in [0.15, 0.2) is 79.2 Å². The summed E-state index contributed by atoms with van der Waals surface area (Å²) in [7, 11) is 0. The number of rotatable bonds is 2. The van der Waals surface area contributed by atoms with Gasteiger partial charge < -0.3 is 0 Å². The molecule has 158 valence electrons. The van der Waals surface area contributed by atoms with Crippen LogP contribution in [0.4, 0.5) is 0 Å². The number of fused-ring (bicyclic) bond motifs is 2. The molecule has 5 aromatic rings. The Morgan fingerprint density at radius 3 is 1.38 bits per heavy atom. The van der Waals surface area contributed by atoms with Crippen LogP contribution in [0.1, 0.15) is 11.6 Å². The summed E-state index contributed by atoms with van der Waals surface area (Å²) in [5, 5.41) is 1.07. The highest BCUT2D eigenvalue weighted by atomic mass is 79.9. The van der Waals surface area contributed by atoms with E-state index in [4.69, 9.17) is 0 Å². The maximum absolute atomic E-state index is 13.2. The number of halogens is 2. The van der Waals surface area contributed by atoms with Gasteiger partial charge in [0.15, 0.2) is 0 Å². The molecule has 8 heteroatoms. The van der Waals surface area contributed by atoms with Gasteiger partial charge in [-0.25, -0.2) is 9.97 Å². The Balaban J connectivity index is 1.66. The highest BCUT2D eigenvalue weighted by molar-refractivity contribution is 9.10. The molecule has 32 heavy (non-hydrogen) atoms. The molecule has 0 spiro atoms. The summed E-state index contributed by atoms with van der Waals surface area (Å²) in [6.07, 6.45) is 0. The van der Waals surface area contributed by atoms with E-state index in [1.54, 1.807) is 35.1 Å². The van der Waals surface area contributed by atoms with E-state index in [1.165, 1.54) is 0 Å². The van der Waals surface area contributed by atoms with Crippen molar-refractivity contribution in [2.45, 2.75) is 13.8 Å². The number of hydrogen-bond donors (Lipinski definition) is 0. The molecule has 0 atom stereocenters. The zero-order valence-electron chi connectivity index (χ0n) is 17.1. The highest BCUT2D eigenvalue weighted by Crippen LogP contribution is 2.20. The van der Waals surface area contributed by atoms with E-state index in [1.807, 2.05) is 48.5 Å². The van der Waals surface area contributed by atoms with Crippen molar-refractivity contribution in [3.05, 3.63) is 102 Å². The minimum absolute atomic E-state index is 0.146. The van der Waals surface area contributed by atoms with Crippen molar-refractivity contribution in [1.82, 2.24) is 19.1 Å². The van der Waals surface area contributed by atoms with Gasteiger partial charge in [0, 0.05) is 8.95 Å². The molecule has 5 rings (SSSR count). The van der Waals surface area contributed by atoms with Gasteiger partial charge in [0.1, 0.15) is 11.6 Å². The summed E-state index contributed by atoms with van der Waals surface area (Å²) >= 11 is 6.84. The Bertz CT molecular complexity index is 1530. The van der Waals surface area contributed by atoms with Crippen molar-refractivity contribution in [3.63, 3.8) is 0 Å². The molecule has 0 amide bonds. The van der Waals surface area contributed by atoms with E-state index in [2.05, 4.69) is 41.8 Å². The van der Waals surface area contributed by atoms with E-state index < -0.39 is 0 Å². The van der Waals surface area contributed by atoms with E-state index >= 15 is 0 Å². The minimum atomic E-state index is -0.146. The molecule has 0 unspecified atom stereocenters. The van der Waals surface area contributed by atoms with Gasteiger partial charge in [0.25, 0.3) is 11.1 Å². The Morgan fingerprint density at radius 1 is 0.625 bits per heavy atom. The minimum Gasteiger partial charge on any atom is -0.268 e. The van der Waals surface area contributed by atoms with E-state index in [-0.39, 0.29) is 11.1 Å². The summed E-state index contributed by atoms with van der Waals surface area (Å²) in [6.45, 7) is 3.60. The molecule has 0 aliphatic heterocycles. The van der Waals surface area contributed by atoms with Crippen LogP contribution >= 0.6 is 31.9 Å². The lowest BCUT2D eigenvalue weighted by molar-refractivity contribution is 0.880. The van der Waals surface area contributed by atoms with Gasteiger partial charge >= 0.3 is 0 Å². The molecular formula is C24H16Br2N4O2. The maximum Gasteiger partial charge on any atom is 0.265 e. The third-order valence-corrected chi connectivity index (χ3v) is 6.35. The lowest BCUT2D eigenvalue weighted by Gasteiger charge is -2.14. The topological polar surface area (TPSA) is 69.8 Å². The first-order valence-corrected chi connectivity index (χ1v) is 11.4. The summed E-state index contributed by atoms with van der Waals surface area (Å²) in [4.78, 5) is 35.5. The van der Waals surface area contributed by atoms with Gasteiger partial charge in [-0.1, -0.05) is 31.9 Å². The first kappa shape index (κ1) is 20.8. The molecule has 0 saturated carbocycles. The molecule has 0 aliphatic rings. The van der Waals surface area contributed by atoms with Gasteiger partial charge in [0.05, 0.1) is 33.2 Å². The monoisotopic (exact) mass is 550 g/mol. The zero-order valence-corrected chi connectivity index (χ0v) is 20.3. The standard InChI is InChI=1S/C24H16Br2N4O2/c1-13-27-21-9-3-15(25)11-19(21)23(31)29(13)17-5-7-18(8-6-17)30-14(2)28-22-10-4-16(26)12-20(22)24(30)32/h3-12H,1-2H3. The summed E-state index contributed by atoms with van der Waals surface area (Å²) < 4.78 is 4.79. The lowest BCUT2D eigenvalue weighted by atomic mass is 10.2. The first-order chi connectivity index (χ1) is 15.3. The summed E-state index contributed by atoms with van der Waals surface area (Å²) in [5.74, 6) is 1.17. The van der Waals surface area contributed by atoms with Crippen LogP contribution in [0.3, 0.4) is 0 Å². The maximum atomic E-state index is 13.2. The van der Waals surface area contributed by atoms with Crippen LogP contribution in [0, 0.1) is 13.8 Å². The van der Waals surface area contributed by atoms with Crippen molar-refractivity contribution >= 4 is 53.7 Å². The summed E-state index contributed by atoms with van der Waals surface area (Å²) in [5.41, 5.74) is 2.36. The van der Waals surface area contributed by atoms with Gasteiger partial charge in [-0.05, 0) is 74.5 Å². The van der Waals surface area contributed by atoms with Crippen molar-refractivity contribution in [2.75, 3.05) is 0 Å². The predicted octanol–water partition coefficient (Wildman–Crippen LogP) is 5.23. The molecular weight excluding hydrogens is 536 g/mol. The van der Waals surface area contributed by atoms with E-state index in [0.717, 1.165) is 8.95 Å². The molecule has 0 saturated heterocycles. The van der Waals surface area contributed by atoms with Crippen molar-refractivity contribution < 1.29 is 0 Å². The molecule has 0 bridgehead atoms. The fourth-order valence-electron chi connectivity index (χ4n) is 3.90. The number of aromatic nitrogens is 4. The van der Waals surface area contributed by atoms with E-state index in [9.17, 15) is 9.59 Å². The van der Waals surface area contributed by atoms with E-state index in [0.29, 0.717) is 44.8 Å². The Kier molecular flexibility index (Phi) is 5.06. The largest absolute Gasteiger partial charge is 0.268 e. The molecule has 6 nitrogen and oxygen atoms in total. The second-order valence-corrected chi connectivity index (χ2v) is 9.27. The number of benzene rings is 3. The SMILES string of the molecule is Cc1nc2ccc(Br)cc2c(=O)n1-c1ccc(-n2c(C)nc3ccc(Br)cc3c2=O)cc1. The van der Waals surface area contributed by atoms with Crippen LogP contribution in [-0.2, 0) is 0 Å². The molecule has 0 radical (unpaired) electrons. The second-order valence-electron chi connectivity index (χ2n) is 7.44. The van der Waals surface area contributed by atoms with Gasteiger partial charge in [-0.3, -0.25) is 18.7 Å². The molecule has 3 aromatic carbocycles. The number of hydrogen-bond acceptors (Lipinski definition) is 4. The van der Waals surface area contributed by atoms with Gasteiger partial charge in [-0.15, -0.1) is 0 Å². The average Bonchev–Trinajstić information content (AvgIpc) is 2.76. The van der Waals surface area contributed by atoms with Crippen molar-refractivity contribution in [2.24, 2.45) is 0 Å². The molecule has 0 aliphatic carbocycles. The normalized spacial score (nSPS) is 11.4. The molecule has 0 fully saturated rings. The first-order valence-electron chi connectivity index (χ1n) is 9.82. The van der Waals surface area contributed by atoms with Crippen molar-refractivity contribution in [1.29, 1.82) is 0 Å². The van der Waals surface area contributed by atoms with Crippen LogP contribution in [0.25, 0.3) is 33.2 Å². The Hall–Kier alpha value is -3.10. The Morgan fingerprint density at radius 2 is 1.00 bits per heavy atom. The third-order valence-electron chi connectivity index (χ3n) is 5.36. The predicted molar refractivity (Wildman–Crippen MR) is 133 cm³/mol. The number of nitrogens with zero attached hydrogens (tertiary/aromatic N) is 4. The third kappa shape index (κ3) is 3.40.